The maximum Gasteiger partial charge on any atom is 0.177 e. The fourth-order valence-corrected chi connectivity index (χ4v) is 4.27. The van der Waals surface area contributed by atoms with Crippen LogP contribution in [0.5, 0.6) is 0 Å². The molecule has 2 saturated heterocycles. The molecule has 0 aliphatic carbocycles. The zero-order valence-corrected chi connectivity index (χ0v) is 16.9. The molecule has 0 spiro atoms. The molecular formula is C21H26N6O3. The summed E-state index contributed by atoms with van der Waals surface area (Å²) in [5.41, 5.74) is 1.63. The minimum atomic E-state index is -0.939. The van der Waals surface area contributed by atoms with E-state index in [0.29, 0.717) is 33.0 Å². The average molecular weight is 410 g/mol. The highest BCUT2D eigenvalue weighted by Crippen LogP contribution is 2.28. The van der Waals surface area contributed by atoms with Crippen molar-refractivity contribution >= 4 is 5.65 Å². The Labute approximate surface area is 174 Å². The van der Waals surface area contributed by atoms with E-state index in [1.165, 1.54) is 0 Å². The van der Waals surface area contributed by atoms with Gasteiger partial charge >= 0.3 is 0 Å². The van der Waals surface area contributed by atoms with E-state index >= 15 is 0 Å². The monoisotopic (exact) mass is 410 g/mol. The van der Waals surface area contributed by atoms with Crippen LogP contribution in [-0.4, -0.2) is 86.5 Å². The lowest BCUT2D eigenvalue weighted by Gasteiger charge is -2.36. The number of β-amino-alcohol motifs (C(OH)–C–C–N with tert-alkyl or cyclic N) is 1. The van der Waals surface area contributed by atoms with Gasteiger partial charge in [-0.25, -0.2) is 0 Å². The smallest absolute Gasteiger partial charge is 0.177 e. The van der Waals surface area contributed by atoms with Crippen molar-refractivity contribution in [3.63, 3.8) is 0 Å². The van der Waals surface area contributed by atoms with Gasteiger partial charge in [0.1, 0.15) is 5.60 Å². The highest BCUT2D eigenvalue weighted by Gasteiger charge is 2.34. The molecule has 5 rings (SSSR count). The second-order valence-corrected chi connectivity index (χ2v) is 8.17. The molecule has 9 nitrogen and oxygen atoms in total. The standard InChI is InChI=1S/C21H26N6O3/c28-21(14-29-10-11-30-15-21)13-26-8-5-16(6-9-26)20-24-23-19-4-3-18(25-27(19)20)17-2-1-7-22-12-17/h1-4,7,12,16,28H,5-6,8-11,13-15H2. The molecular weight excluding hydrogens is 384 g/mol. The van der Waals surface area contributed by atoms with Crippen LogP contribution in [0.15, 0.2) is 36.7 Å². The first-order valence-corrected chi connectivity index (χ1v) is 10.4. The number of pyridine rings is 1. The van der Waals surface area contributed by atoms with Gasteiger partial charge < -0.3 is 19.5 Å². The van der Waals surface area contributed by atoms with Crippen molar-refractivity contribution in [2.24, 2.45) is 0 Å². The van der Waals surface area contributed by atoms with E-state index in [1.807, 2.05) is 35.0 Å². The quantitative estimate of drug-likeness (QED) is 0.684. The van der Waals surface area contributed by atoms with Crippen LogP contribution in [0.3, 0.4) is 0 Å². The van der Waals surface area contributed by atoms with E-state index in [1.54, 1.807) is 6.20 Å². The van der Waals surface area contributed by atoms with E-state index in [0.717, 1.165) is 48.7 Å². The van der Waals surface area contributed by atoms with Crippen LogP contribution < -0.4 is 0 Å². The van der Waals surface area contributed by atoms with Crippen molar-refractivity contribution in [2.45, 2.75) is 24.4 Å². The van der Waals surface area contributed by atoms with Gasteiger partial charge in [0.15, 0.2) is 11.5 Å². The van der Waals surface area contributed by atoms with Gasteiger partial charge in [-0.1, -0.05) is 0 Å². The number of hydrogen-bond acceptors (Lipinski definition) is 8. The highest BCUT2D eigenvalue weighted by molar-refractivity contribution is 5.58. The summed E-state index contributed by atoms with van der Waals surface area (Å²) >= 11 is 0. The molecule has 3 aromatic rings. The lowest BCUT2D eigenvalue weighted by molar-refractivity contribution is -0.0768. The van der Waals surface area contributed by atoms with Crippen LogP contribution in [0.25, 0.3) is 16.9 Å². The number of nitrogens with zero attached hydrogens (tertiary/aromatic N) is 6. The van der Waals surface area contributed by atoms with Crippen molar-refractivity contribution in [3.8, 4) is 11.3 Å². The van der Waals surface area contributed by atoms with E-state index in [4.69, 9.17) is 14.6 Å². The molecule has 2 fully saturated rings. The first-order valence-electron chi connectivity index (χ1n) is 10.4. The molecule has 0 amide bonds. The SMILES string of the molecule is OC1(CN2CCC(c3nnc4ccc(-c5cccnc5)nn34)CC2)COCCOC1. The Morgan fingerprint density at radius 3 is 2.60 bits per heavy atom. The van der Waals surface area contributed by atoms with Crippen LogP contribution >= 0.6 is 0 Å². The Kier molecular flexibility index (Phi) is 5.43. The predicted octanol–water partition coefficient (Wildman–Crippen LogP) is 1.14. The zero-order chi connectivity index (χ0) is 20.4. The summed E-state index contributed by atoms with van der Waals surface area (Å²) < 4.78 is 12.8. The number of hydrogen-bond donors (Lipinski definition) is 1. The molecule has 9 heteroatoms. The van der Waals surface area contributed by atoms with Gasteiger partial charge in [0.05, 0.1) is 32.1 Å². The number of aromatic nitrogens is 5. The number of aliphatic hydroxyl groups is 1. The fraction of sp³-hybridized carbons (Fsp3) is 0.524. The summed E-state index contributed by atoms with van der Waals surface area (Å²) in [6.07, 6.45) is 5.45. The minimum Gasteiger partial charge on any atom is -0.384 e. The van der Waals surface area contributed by atoms with Crippen molar-refractivity contribution in [3.05, 3.63) is 42.5 Å². The summed E-state index contributed by atoms with van der Waals surface area (Å²) in [6, 6.07) is 7.80. The molecule has 30 heavy (non-hydrogen) atoms. The second kappa shape index (κ2) is 8.35. The van der Waals surface area contributed by atoms with Crippen molar-refractivity contribution in [2.75, 3.05) is 46.1 Å². The lowest BCUT2D eigenvalue weighted by atomic mass is 9.94. The van der Waals surface area contributed by atoms with E-state index < -0.39 is 5.60 Å². The first-order chi connectivity index (χ1) is 14.7. The second-order valence-electron chi connectivity index (χ2n) is 8.17. The first kappa shape index (κ1) is 19.5. The van der Waals surface area contributed by atoms with Gasteiger partial charge in [-0.2, -0.15) is 9.61 Å². The Morgan fingerprint density at radius 1 is 1.07 bits per heavy atom. The lowest BCUT2D eigenvalue weighted by Crippen LogP contribution is -2.50. The average Bonchev–Trinajstić information content (AvgIpc) is 3.09. The summed E-state index contributed by atoms with van der Waals surface area (Å²) in [4.78, 5) is 6.47. The third-order valence-electron chi connectivity index (χ3n) is 5.83. The Morgan fingerprint density at radius 2 is 1.87 bits per heavy atom. The molecule has 0 radical (unpaired) electrons. The van der Waals surface area contributed by atoms with Crippen LogP contribution in [0.2, 0.25) is 0 Å². The molecule has 0 saturated carbocycles. The normalized spacial score (nSPS) is 21.0. The van der Waals surface area contributed by atoms with E-state index in [2.05, 4.69) is 20.1 Å². The fourth-order valence-electron chi connectivity index (χ4n) is 4.27. The number of piperidine rings is 1. The van der Waals surface area contributed by atoms with Crippen molar-refractivity contribution in [1.82, 2.24) is 29.7 Å². The van der Waals surface area contributed by atoms with Gasteiger partial charge in [0, 0.05) is 30.4 Å². The zero-order valence-electron chi connectivity index (χ0n) is 16.9. The Hall–Kier alpha value is -2.46. The molecule has 0 bridgehead atoms. The van der Waals surface area contributed by atoms with Crippen LogP contribution in [0, 0.1) is 0 Å². The summed E-state index contributed by atoms with van der Waals surface area (Å²) in [6.45, 7) is 4.04. The Balaban J connectivity index is 1.29. The number of likely N-dealkylation sites (tertiary alicyclic amines) is 1. The van der Waals surface area contributed by atoms with E-state index in [9.17, 15) is 5.11 Å². The maximum absolute atomic E-state index is 10.8. The molecule has 3 aromatic heterocycles. The summed E-state index contributed by atoms with van der Waals surface area (Å²) in [7, 11) is 0. The molecule has 0 atom stereocenters. The van der Waals surface area contributed by atoms with Crippen LogP contribution in [0.1, 0.15) is 24.6 Å². The molecule has 0 unspecified atom stereocenters. The highest BCUT2D eigenvalue weighted by atomic mass is 16.6. The molecule has 158 valence electrons. The largest absolute Gasteiger partial charge is 0.384 e. The molecule has 5 heterocycles. The predicted molar refractivity (Wildman–Crippen MR) is 109 cm³/mol. The molecule has 2 aliphatic heterocycles. The minimum absolute atomic E-state index is 0.282. The van der Waals surface area contributed by atoms with Gasteiger partial charge in [0.2, 0.25) is 0 Å². The van der Waals surface area contributed by atoms with E-state index in [-0.39, 0.29) is 5.92 Å². The third kappa shape index (κ3) is 4.06. The number of fused-ring (bicyclic) bond motifs is 1. The van der Waals surface area contributed by atoms with Gasteiger partial charge in [0.25, 0.3) is 0 Å². The van der Waals surface area contributed by atoms with Crippen LogP contribution in [-0.2, 0) is 9.47 Å². The maximum atomic E-state index is 10.8. The number of ether oxygens (including phenoxy) is 2. The van der Waals surface area contributed by atoms with Gasteiger partial charge in [-0.05, 0) is 50.2 Å². The van der Waals surface area contributed by atoms with Crippen molar-refractivity contribution < 1.29 is 14.6 Å². The summed E-state index contributed by atoms with van der Waals surface area (Å²) in [5.74, 6) is 1.18. The third-order valence-corrected chi connectivity index (χ3v) is 5.83. The molecule has 2 aliphatic rings. The van der Waals surface area contributed by atoms with Gasteiger partial charge in [-0.3, -0.25) is 4.98 Å². The van der Waals surface area contributed by atoms with Crippen molar-refractivity contribution in [1.29, 1.82) is 0 Å². The number of rotatable bonds is 4. The van der Waals surface area contributed by atoms with Crippen LogP contribution in [0.4, 0.5) is 0 Å². The Bertz CT molecular complexity index is 979. The topological polar surface area (TPSA) is 97.9 Å². The molecule has 1 N–H and O–H groups in total. The summed E-state index contributed by atoms with van der Waals surface area (Å²) in [5, 5.41) is 24.3. The van der Waals surface area contributed by atoms with Gasteiger partial charge in [-0.15, -0.1) is 10.2 Å². The molecule has 0 aromatic carbocycles.